The van der Waals surface area contributed by atoms with E-state index < -0.39 is 6.36 Å². The first-order valence-electron chi connectivity index (χ1n) is 14.2. The molecule has 230 valence electrons. The number of nitrogens with zero attached hydrogens (tertiary/aromatic N) is 4. The Balaban J connectivity index is 1.17. The first-order valence-corrected chi connectivity index (χ1v) is 15.2. The van der Waals surface area contributed by atoms with Gasteiger partial charge in [-0.3, -0.25) is 0 Å². The highest BCUT2D eigenvalue weighted by atomic mass is 32.2. The predicted molar refractivity (Wildman–Crippen MR) is 170 cm³/mol. The lowest BCUT2D eigenvalue weighted by Crippen LogP contribution is -2.43. The van der Waals surface area contributed by atoms with Crippen LogP contribution in [0.1, 0.15) is 47.9 Å². The van der Waals surface area contributed by atoms with Gasteiger partial charge in [0.15, 0.2) is 5.17 Å². The van der Waals surface area contributed by atoms with E-state index in [1.807, 2.05) is 30.3 Å². The van der Waals surface area contributed by atoms with Gasteiger partial charge < -0.3 is 20.7 Å². The summed E-state index contributed by atoms with van der Waals surface area (Å²) in [5.74, 6) is 1.01. The molecule has 3 aromatic carbocycles. The van der Waals surface area contributed by atoms with Crippen molar-refractivity contribution in [3.8, 4) is 5.75 Å². The predicted octanol–water partition coefficient (Wildman–Crippen LogP) is 7.22. The summed E-state index contributed by atoms with van der Waals surface area (Å²) >= 11 is 1.61. The van der Waals surface area contributed by atoms with Gasteiger partial charge in [0.1, 0.15) is 17.9 Å². The maximum atomic E-state index is 13.0. The average molecular weight is 623 g/mol. The Morgan fingerprint density at radius 3 is 2.41 bits per heavy atom. The largest absolute Gasteiger partial charge is 0.573 e. The van der Waals surface area contributed by atoms with E-state index in [9.17, 15) is 18.0 Å². The van der Waals surface area contributed by atoms with Gasteiger partial charge in [-0.05, 0) is 74.6 Å². The molecular formula is C32H33F3N6O2S. The summed E-state index contributed by atoms with van der Waals surface area (Å²) < 4.78 is 40.7. The molecule has 1 saturated heterocycles. The Morgan fingerprint density at radius 2 is 1.75 bits per heavy atom. The van der Waals surface area contributed by atoms with Crippen LogP contribution in [0.15, 0.2) is 81.7 Å². The Kier molecular flexibility index (Phi) is 9.28. The van der Waals surface area contributed by atoms with Crippen molar-refractivity contribution < 1.29 is 22.7 Å². The molecule has 0 bridgehead atoms. The van der Waals surface area contributed by atoms with E-state index in [1.165, 1.54) is 30.6 Å². The number of para-hydroxylation sites is 1. The number of benzene rings is 3. The number of carbonyl (C=O) groups is 1. The average Bonchev–Trinajstić information content (AvgIpc) is 3.73. The van der Waals surface area contributed by atoms with Gasteiger partial charge in [-0.25, -0.2) is 14.8 Å². The van der Waals surface area contributed by atoms with Gasteiger partial charge in [0, 0.05) is 35.0 Å². The molecule has 0 spiro atoms. The van der Waals surface area contributed by atoms with Crippen molar-refractivity contribution in [2.45, 2.75) is 58.0 Å². The third kappa shape index (κ3) is 7.79. The minimum Gasteiger partial charge on any atom is -0.406 e. The molecule has 1 saturated carbocycles. The van der Waals surface area contributed by atoms with Crippen LogP contribution in [0.2, 0.25) is 0 Å². The van der Waals surface area contributed by atoms with Crippen LogP contribution in [0.5, 0.6) is 5.75 Å². The highest BCUT2D eigenvalue weighted by Gasteiger charge is 2.40. The number of amidine groups is 2. The summed E-state index contributed by atoms with van der Waals surface area (Å²) in [6, 6.07) is 18.8. The molecule has 3 unspecified atom stereocenters. The van der Waals surface area contributed by atoms with Crippen LogP contribution in [0.25, 0.3) is 0 Å². The molecule has 1 heterocycles. The van der Waals surface area contributed by atoms with Crippen molar-refractivity contribution >= 4 is 46.5 Å². The van der Waals surface area contributed by atoms with E-state index in [4.69, 9.17) is 5.73 Å². The van der Waals surface area contributed by atoms with E-state index in [-0.39, 0.29) is 35.6 Å². The van der Waals surface area contributed by atoms with Crippen LogP contribution in [0.4, 0.5) is 29.3 Å². The summed E-state index contributed by atoms with van der Waals surface area (Å²) in [6.45, 7) is 6.34. The Labute approximate surface area is 258 Å². The zero-order chi connectivity index (χ0) is 31.4. The van der Waals surface area contributed by atoms with Crippen molar-refractivity contribution in [2.24, 2.45) is 20.7 Å². The van der Waals surface area contributed by atoms with Crippen molar-refractivity contribution in [1.82, 2.24) is 5.32 Å². The van der Waals surface area contributed by atoms with Gasteiger partial charge in [-0.15, -0.1) is 13.2 Å². The van der Waals surface area contributed by atoms with E-state index in [0.29, 0.717) is 11.3 Å². The highest BCUT2D eigenvalue weighted by molar-refractivity contribution is 8.14. The molecule has 2 fully saturated rings. The number of aryl methyl sites for hydroxylation is 2. The quantitative estimate of drug-likeness (QED) is 0.214. The molecule has 2 amide bonds. The summed E-state index contributed by atoms with van der Waals surface area (Å²) in [5, 5.41) is 3.79. The zero-order valence-electron chi connectivity index (χ0n) is 24.5. The van der Waals surface area contributed by atoms with Crippen molar-refractivity contribution in [1.29, 1.82) is 0 Å². The molecule has 0 aromatic heterocycles. The second-order valence-electron chi connectivity index (χ2n) is 10.8. The Morgan fingerprint density at radius 1 is 1.07 bits per heavy atom. The number of thioether (sulfide) groups is 1. The maximum Gasteiger partial charge on any atom is 0.573 e. The first kappa shape index (κ1) is 31.1. The number of rotatable bonds is 7. The molecule has 1 aliphatic heterocycles. The number of urea groups is 1. The lowest BCUT2D eigenvalue weighted by atomic mass is 10.1. The SMILES string of the molecule is Cc1cccc(C)c1N1C(=NC(=O)NC2CC2c2ccc(C(N)=NC=Nc3ccc(OC(F)(F)F)cc3)cc2)SCCC1C. The highest BCUT2D eigenvalue weighted by Crippen LogP contribution is 2.41. The van der Waals surface area contributed by atoms with Crippen LogP contribution in [-0.4, -0.2) is 47.6 Å². The number of alkyl halides is 3. The normalized spacial score (nSPS) is 21.5. The molecule has 5 rings (SSSR count). The lowest BCUT2D eigenvalue weighted by molar-refractivity contribution is -0.274. The number of carbonyl (C=O) groups excluding carboxylic acids is 1. The minimum atomic E-state index is -4.75. The van der Waals surface area contributed by atoms with Gasteiger partial charge >= 0.3 is 12.4 Å². The molecule has 8 nitrogen and oxygen atoms in total. The van der Waals surface area contributed by atoms with Crippen molar-refractivity contribution in [3.63, 3.8) is 0 Å². The number of ether oxygens (including phenoxy) is 1. The lowest BCUT2D eigenvalue weighted by Gasteiger charge is -2.37. The van der Waals surface area contributed by atoms with Gasteiger partial charge in [0.25, 0.3) is 0 Å². The van der Waals surface area contributed by atoms with E-state index in [1.54, 1.807) is 11.8 Å². The Bertz CT molecular complexity index is 1570. The van der Waals surface area contributed by atoms with E-state index in [0.717, 1.165) is 46.1 Å². The van der Waals surface area contributed by atoms with Crippen LogP contribution in [0.3, 0.4) is 0 Å². The molecule has 0 radical (unpaired) electrons. The van der Waals surface area contributed by atoms with Gasteiger partial charge in [0.05, 0.1) is 5.69 Å². The standard InChI is InChI=1S/C32H33F3N6O2S/c1-19-5-4-6-20(2)28(19)41-21(3)15-16-44-31(41)40-30(42)39-27-17-26(27)22-7-9-23(10-8-22)29(36)38-18-37-24-11-13-25(14-12-24)43-32(33,34)35/h4-14,18,21,26-27H,15-17H2,1-3H3,(H,39,42)(H2,36,37,38). The number of nitrogens with one attached hydrogen (secondary N) is 1. The number of nitrogens with two attached hydrogens (primary N) is 1. The summed E-state index contributed by atoms with van der Waals surface area (Å²) in [4.78, 5) is 27.9. The third-order valence-corrected chi connectivity index (χ3v) is 8.49. The number of halogens is 3. The molecule has 44 heavy (non-hydrogen) atoms. The van der Waals surface area contributed by atoms with Crippen molar-refractivity contribution in [3.05, 3.63) is 89.0 Å². The van der Waals surface area contributed by atoms with Crippen LogP contribution < -0.4 is 20.7 Å². The van der Waals surface area contributed by atoms with E-state index in [2.05, 4.69) is 62.8 Å². The second kappa shape index (κ2) is 13.1. The zero-order valence-corrected chi connectivity index (χ0v) is 25.3. The summed E-state index contributed by atoms with van der Waals surface area (Å²) in [5.41, 5.74) is 11.7. The smallest absolute Gasteiger partial charge is 0.406 e. The van der Waals surface area contributed by atoms with Gasteiger partial charge in [-0.2, -0.15) is 4.99 Å². The molecule has 3 atom stereocenters. The maximum absolute atomic E-state index is 13.0. The molecular weight excluding hydrogens is 589 g/mol. The van der Waals surface area contributed by atoms with Crippen LogP contribution in [0, 0.1) is 13.8 Å². The van der Waals surface area contributed by atoms with Gasteiger partial charge in [-0.1, -0.05) is 54.2 Å². The number of hydrogen-bond acceptors (Lipinski definition) is 4. The first-order chi connectivity index (χ1) is 21.0. The minimum absolute atomic E-state index is 0.00318. The Hall–Kier alpha value is -4.32. The summed E-state index contributed by atoms with van der Waals surface area (Å²) in [6.07, 6.45) is -1.67. The summed E-state index contributed by atoms with van der Waals surface area (Å²) in [7, 11) is 0. The van der Waals surface area contributed by atoms with Crippen molar-refractivity contribution in [2.75, 3.05) is 10.7 Å². The molecule has 2 aliphatic rings. The second-order valence-corrected chi connectivity index (χ2v) is 11.9. The van der Waals surface area contributed by atoms with Crippen LogP contribution >= 0.6 is 11.8 Å². The molecule has 12 heteroatoms. The molecule has 1 aliphatic carbocycles. The fraction of sp³-hybridized carbons (Fsp3) is 0.312. The number of anilines is 1. The molecule has 3 N–H and O–H groups in total. The topological polar surface area (TPSA) is 105 Å². The third-order valence-electron chi connectivity index (χ3n) is 7.50. The molecule has 3 aromatic rings. The number of amides is 2. The number of hydrogen-bond donors (Lipinski definition) is 2. The fourth-order valence-corrected chi connectivity index (χ4v) is 6.36. The van der Waals surface area contributed by atoms with E-state index >= 15 is 0 Å². The number of aliphatic imine (C=N–C) groups is 3. The monoisotopic (exact) mass is 622 g/mol. The van der Waals surface area contributed by atoms with Gasteiger partial charge in [0.2, 0.25) is 0 Å². The van der Waals surface area contributed by atoms with Crippen LogP contribution in [-0.2, 0) is 0 Å². The fourth-order valence-electron chi connectivity index (χ4n) is 5.16.